The topological polar surface area (TPSA) is 333 Å². The largest absolute Gasteiger partial charge is 0.481 e. The van der Waals surface area contributed by atoms with Crippen molar-refractivity contribution < 1.29 is 73.5 Å². The van der Waals surface area contributed by atoms with Gasteiger partial charge in [0.05, 0.1) is 32.2 Å². The molecule has 0 spiro atoms. The lowest BCUT2D eigenvalue weighted by atomic mass is 9.76. The van der Waals surface area contributed by atoms with Crippen LogP contribution in [-0.4, -0.2) is 208 Å². The molecule has 2 atom stereocenters. The quantitative estimate of drug-likeness (QED) is 0.0503. The molecule has 0 aromatic heterocycles. The van der Waals surface area contributed by atoms with Crippen molar-refractivity contribution in [3.8, 4) is 0 Å². The molecule has 0 aromatic carbocycles. The number of urea groups is 1. The molecular weight excluding hydrogens is 905 g/mol. The Bertz CT molecular complexity index is 1700. The monoisotopic (exact) mass is 981 g/mol. The third-order valence-electron chi connectivity index (χ3n) is 13.5. The number of amides is 4. The van der Waals surface area contributed by atoms with E-state index in [2.05, 4.69) is 21.3 Å². The first kappa shape index (κ1) is 58.1. The second kappa shape index (κ2) is 31.1. The van der Waals surface area contributed by atoms with Gasteiger partial charge in [0.1, 0.15) is 11.8 Å². The maximum atomic E-state index is 13.3. The van der Waals surface area contributed by atoms with Crippen LogP contribution in [0.3, 0.4) is 0 Å². The van der Waals surface area contributed by atoms with E-state index in [1.165, 1.54) is 6.92 Å². The summed E-state index contributed by atoms with van der Waals surface area (Å²) in [6, 6.07) is -3.18. The second-order valence-corrected chi connectivity index (χ2v) is 18.9. The zero-order valence-electron chi connectivity index (χ0n) is 40.1. The van der Waals surface area contributed by atoms with Crippen molar-refractivity contribution in [2.24, 2.45) is 23.7 Å². The van der Waals surface area contributed by atoms with Gasteiger partial charge in [-0.3, -0.25) is 58.0 Å². The number of carbonyl (C=O) groups is 10. The third-order valence-corrected chi connectivity index (χ3v) is 13.5. The molecule has 23 heteroatoms. The number of hydrogen-bond acceptors (Lipinski definition) is 14. The van der Waals surface area contributed by atoms with Gasteiger partial charge in [-0.05, 0) is 102 Å². The Balaban J connectivity index is 1.32. The maximum Gasteiger partial charge on any atom is 0.326 e. The summed E-state index contributed by atoms with van der Waals surface area (Å²) in [6.07, 6.45) is 8.02. The highest BCUT2D eigenvalue weighted by Crippen LogP contribution is 2.34. The molecule has 1 saturated heterocycles. The summed E-state index contributed by atoms with van der Waals surface area (Å²) in [4.78, 5) is 128. The molecule has 2 aliphatic carbocycles. The number of carboxylic acids is 5. The van der Waals surface area contributed by atoms with Gasteiger partial charge in [0.2, 0.25) is 11.8 Å². The van der Waals surface area contributed by atoms with Crippen LogP contribution >= 0.6 is 0 Å². The highest BCUT2D eigenvalue weighted by atomic mass is 16.4. The summed E-state index contributed by atoms with van der Waals surface area (Å²) in [5.74, 6) is -5.50. The molecule has 0 unspecified atom stereocenters. The van der Waals surface area contributed by atoms with Crippen LogP contribution in [0.15, 0.2) is 0 Å². The van der Waals surface area contributed by atoms with Gasteiger partial charge in [-0.15, -0.1) is 0 Å². The molecule has 1 heterocycles. The summed E-state index contributed by atoms with van der Waals surface area (Å²) < 4.78 is 0. The predicted molar refractivity (Wildman–Crippen MR) is 248 cm³/mol. The number of hydrogen-bond donors (Lipinski definition) is 9. The van der Waals surface area contributed by atoms with E-state index in [1.54, 1.807) is 14.7 Å². The van der Waals surface area contributed by atoms with Crippen LogP contribution in [0.5, 0.6) is 0 Å². The molecule has 69 heavy (non-hydrogen) atoms. The van der Waals surface area contributed by atoms with Crippen molar-refractivity contribution in [2.45, 2.75) is 115 Å². The van der Waals surface area contributed by atoms with Gasteiger partial charge in [-0.2, -0.15) is 0 Å². The number of ketones is 2. The molecule has 0 bridgehead atoms. The van der Waals surface area contributed by atoms with Crippen molar-refractivity contribution in [2.75, 3.05) is 91.6 Å². The minimum Gasteiger partial charge on any atom is -0.481 e. The van der Waals surface area contributed by atoms with Crippen molar-refractivity contribution in [3.63, 3.8) is 0 Å². The number of unbranched alkanes of at least 4 members (excludes halogenated alkanes) is 1. The highest BCUT2D eigenvalue weighted by Gasteiger charge is 2.30. The number of carboxylic acid groups (broad SMARTS) is 5. The average Bonchev–Trinajstić information content (AvgIpc) is 3.28. The van der Waals surface area contributed by atoms with Gasteiger partial charge >= 0.3 is 35.9 Å². The van der Waals surface area contributed by atoms with Crippen LogP contribution in [0.1, 0.15) is 103 Å². The van der Waals surface area contributed by atoms with E-state index in [0.717, 1.165) is 44.9 Å². The van der Waals surface area contributed by atoms with E-state index in [9.17, 15) is 68.4 Å². The molecule has 9 N–H and O–H groups in total. The molecule has 4 amide bonds. The molecular formula is C46H76N8O15. The Morgan fingerprint density at radius 2 is 0.971 bits per heavy atom. The zero-order valence-corrected chi connectivity index (χ0v) is 40.1. The third kappa shape index (κ3) is 24.2. The molecule has 1 aliphatic heterocycles. The number of nitrogens with one attached hydrogen (secondary N) is 4. The van der Waals surface area contributed by atoms with E-state index in [4.69, 9.17) is 5.11 Å². The number of aliphatic carboxylic acids is 5. The second-order valence-electron chi connectivity index (χ2n) is 18.9. The normalized spacial score (nSPS) is 22.3. The lowest BCUT2D eigenvalue weighted by molar-refractivity contribution is -0.140. The lowest BCUT2D eigenvalue weighted by Gasteiger charge is -2.33. The van der Waals surface area contributed by atoms with Crippen molar-refractivity contribution in [3.05, 3.63) is 0 Å². The van der Waals surface area contributed by atoms with Crippen LogP contribution in [0.2, 0.25) is 0 Å². The molecule has 0 radical (unpaired) electrons. The SMILES string of the molecule is CC(=O)[C@H](CCC(=O)O)NC(=O)N[C@@H](CCCCNC(=O)C1CCC(CCC(=O)C2CCC(CNC(=O)CN3CCN(CC(=O)O)CCN(CC(=O)O)CCN(CC(=O)O)CC3)CC2)CC1)C(=O)O. The van der Waals surface area contributed by atoms with Crippen molar-refractivity contribution >= 4 is 59.3 Å². The Hall–Kier alpha value is -5.26. The molecule has 3 aliphatic rings. The number of rotatable bonds is 27. The summed E-state index contributed by atoms with van der Waals surface area (Å²) in [5.41, 5.74) is 0. The minimum absolute atomic E-state index is 0.0200. The smallest absolute Gasteiger partial charge is 0.326 e. The fourth-order valence-corrected chi connectivity index (χ4v) is 9.34. The van der Waals surface area contributed by atoms with Gasteiger partial charge < -0.3 is 46.8 Å². The Morgan fingerprint density at radius 3 is 1.43 bits per heavy atom. The number of carbonyl (C=O) groups excluding carboxylic acids is 5. The lowest BCUT2D eigenvalue weighted by Crippen LogP contribution is -2.50. The molecule has 390 valence electrons. The summed E-state index contributed by atoms with van der Waals surface area (Å²) in [5, 5.41) is 57.4. The first-order valence-corrected chi connectivity index (χ1v) is 24.4. The number of nitrogens with zero attached hydrogens (tertiary/aromatic N) is 4. The summed E-state index contributed by atoms with van der Waals surface area (Å²) >= 11 is 0. The van der Waals surface area contributed by atoms with Crippen LogP contribution in [-0.2, 0) is 43.2 Å². The van der Waals surface area contributed by atoms with Crippen molar-refractivity contribution in [1.82, 2.24) is 40.9 Å². The van der Waals surface area contributed by atoms with Gasteiger partial charge in [0.25, 0.3) is 0 Å². The Labute approximate surface area is 403 Å². The first-order chi connectivity index (χ1) is 32.8. The molecule has 2 saturated carbocycles. The average molecular weight is 981 g/mol. The predicted octanol–water partition coefficient (Wildman–Crippen LogP) is 0.401. The van der Waals surface area contributed by atoms with Gasteiger partial charge in [-0.25, -0.2) is 9.59 Å². The zero-order chi connectivity index (χ0) is 50.9. The van der Waals surface area contributed by atoms with E-state index < -0.39 is 53.7 Å². The van der Waals surface area contributed by atoms with Crippen LogP contribution in [0, 0.1) is 23.7 Å². The van der Waals surface area contributed by atoms with E-state index in [0.29, 0.717) is 77.3 Å². The van der Waals surface area contributed by atoms with E-state index in [1.807, 2.05) is 4.90 Å². The standard InChI is InChI=1S/C46H76N8O15/c1-31(55)36(14-16-40(58)59)49-46(69)50-37(45(67)68)4-2-3-17-47-44(66)35-12-5-32(6-13-35)9-15-38(56)34-10-7-33(8-11-34)26-48-39(57)27-51-18-20-52(28-41(60)61)22-24-54(30-43(64)65)25-23-53(21-19-51)29-42(62)63/h32-37H,2-30H2,1H3,(H,47,66)(H,48,57)(H,58,59)(H,60,61)(H,62,63)(H,64,65)(H,67,68)(H2,49,50,69)/t32?,33?,34?,35?,36-,37-/m0/s1. The molecule has 23 nitrogen and oxygen atoms in total. The van der Waals surface area contributed by atoms with Gasteiger partial charge in [0.15, 0.2) is 5.78 Å². The van der Waals surface area contributed by atoms with Crippen molar-refractivity contribution in [1.29, 1.82) is 0 Å². The fourth-order valence-electron chi connectivity index (χ4n) is 9.34. The van der Waals surface area contributed by atoms with Gasteiger partial charge in [0, 0.05) is 90.1 Å². The van der Waals surface area contributed by atoms with E-state index in [-0.39, 0.29) is 107 Å². The molecule has 0 aromatic rings. The molecule has 3 fully saturated rings. The minimum atomic E-state index is -1.26. The summed E-state index contributed by atoms with van der Waals surface area (Å²) in [7, 11) is 0. The van der Waals surface area contributed by atoms with E-state index >= 15 is 0 Å². The van der Waals surface area contributed by atoms with Crippen LogP contribution in [0.4, 0.5) is 4.79 Å². The first-order valence-electron chi connectivity index (χ1n) is 24.4. The maximum absolute atomic E-state index is 13.3. The molecule has 3 rings (SSSR count). The van der Waals surface area contributed by atoms with Gasteiger partial charge in [-0.1, -0.05) is 0 Å². The number of Topliss-reactive ketones (excluding diaryl/α,β-unsaturated/α-hetero) is 2. The van der Waals surface area contributed by atoms with Crippen LogP contribution in [0.25, 0.3) is 0 Å². The summed E-state index contributed by atoms with van der Waals surface area (Å²) in [6.45, 7) is 3.80. The fraction of sp³-hybridized carbons (Fsp3) is 0.783. The van der Waals surface area contributed by atoms with Crippen LogP contribution < -0.4 is 21.3 Å². The Kier molecular flexibility index (Phi) is 26.1. The highest BCUT2D eigenvalue weighted by molar-refractivity contribution is 5.89. The Morgan fingerprint density at radius 1 is 0.507 bits per heavy atom.